The van der Waals surface area contributed by atoms with Crippen LogP contribution in [0.5, 0.6) is 0 Å². The number of ether oxygens (including phenoxy) is 1. The first kappa shape index (κ1) is 33.2. The number of rotatable bonds is 9. The zero-order valence-electron chi connectivity index (χ0n) is 23.1. The Kier molecular flexibility index (Phi) is 10.9. The molecule has 42 heavy (non-hydrogen) atoms. The Morgan fingerprint density at radius 3 is 2.31 bits per heavy atom. The Balaban J connectivity index is 1.90. The van der Waals surface area contributed by atoms with Crippen LogP contribution in [0, 0.1) is 0 Å². The van der Waals surface area contributed by atoms with E-state index in [-0.39, 0.29) is 34.4 Å². The lowest BCUT2D eigenvalue weighted by Crippen LogP contribution is -2.47. The van der Waals surface area contributed by atoms with Crippen molar-refractivity contribution in [1.82, 2.24) is 10.3 Å². The Morgan fingerprint density at radius 1 is 1.05 bits per heavy atom. The number of anilines is 2. The van der Waals surface area contributed by atoms with Crippen molar-refractivity contribution in [3.63, 3.8) is 0 Å². The molecule has 0 aliphatic heterocycles. The second kappa shape index (κ2) is 13.7. The first-order valence-electron chi connectivity index (χ1n) is 12.6. The van der Waals surface area contributed by atoms with Gasteiger partial charge in [-0.2, -0.15) is 13.2 Å². The lowest BCUT2D eigenvalue weighted by atomic mass is 10.1. The van der Waals surface area contributed by atoms with Crippen molar-refractivity contribution in [2.45, 2.75) is 63.4 Å². The summed E-state index contributed by atoms with van der Waals surface area (Å²) in [6, 6.07) is 10.4. The number of nitrogens with zero attached hydrogens (tertiary/aromatic N) is 2. The second-order valence-electron chi connectivity index (χ2n) is 10.0. The summed E-state index contributed by atoms with van der Waals surface area (Å²) < 4.78 is 60.9. The van der Waals surface area contributed by atoms with Crippen molar-refractivity contribution < 1.29 is 31.7 Å². The number of hydrogen-bond donors (Lipinski definition) is 2. The van der Waals surface area contributed by atoms with Crippen LogP contribution in [0.4, 0.5) is 29.5 Å². The minimum Gasteiger partial charge on any atom is -0.444 e. The van der Waals surface area contributed by atoms with E-state index in [9.17, 15) is 27.0 Å². The molecule has 1 heterocycles. The number of benzene rings is 2. The molecule has 1 aromatic heterocycles. The summed E-state index contributed by atoms with van der Waals surface area (Å²) in [5.41, 5.74) is -1.40. The third kappa shape index (κ3) is 9.07. The molecule has 0 aliphatic rings. The predicted molar refractivity (Wildman–Crippen MR) is 157 cm³/mol. The highest BCUT2D eigenvalue weighted by Gasteiger charge is 2.35. The molecule has 2 N–H and O–H groups in total. The molecule has 14 heteroatoms. The molecular formula is C28H29Cl2F3N4O4S. The van der Waals surface area contributed by atoms with E-state index in [1.165, 1.54) is 36.5 Å². The number of alkyl halides is 3. The van der Waals surface area contributed by atoms with Crippen LogP contribution in [0.1, 0.15) is 45.2 Å². The number of carbonyl (C=O) groups is 2. The molecule has 0 bridgehead atoms. The molecule has 3 rings (SSSR count). The largest absolute Gasteiger partial charge is 0.444 e. The van der Waals surface area contributed by atoms with Gasteiger partial charge in [-0.1, -0.05) is 30.1 Å². The van der Waals surface area contributed by atoms with E-state index in [2.05, 4.69) is 15.6 Å². The summed E-state index contributed by atoms with van der Waals surface area (Å²) >= 11 is 12.3. The van der Waals surface area contributed by atoms with Crippen molar-refractivity contribution in [2.24, 2.45) is 0 Å². The molecular weight excluding hydrogens is 616 g/mol. The van der Waals surface area contributed by atoms with Crippen LogP contribution in [0.25, 0.3) is 0 Å². The maximum atomic E-state index is 13.8. The van der Waals surface area contributed by atoms with E-state index in [1.54, 1.807) is 33.8 Å². The summed E-state index contributed by atoms with van der Waals surface area (Å²) in [6.07, 6.45) is -3.92. The predicted octanol–water partition coefficient (Wildman–Crippen LogP) is 7.38. The molecule has 3 aromatic rings. The maximum absolute atomic E-state index is 13.8. The Morgan fingerprint density at radius 2 is 1.71 bits per heavy atom. The van der Waals surface area contributed by atoms with E-state index in [1.807, 2.05) is 0 Å². The van der Waals surface area contributed by atoms with Crippen molar-refractivity contribution in [3.05, 3.63) is 82.0 Å². The van der Waals surface area contributed by atoms with E-state index in [4.69, 9.17) is 27.9 Å². The van der Waals surface area contributed by atoms with Gasteiger partial charge in [0.2, 0.25) is 5.91 Å². The van der Waals surface area contributed by atoms with Gasteiger partial charge in [-0.25, -0.2) is 14.0 Å². The van der Waals surface area contributed by atoms with E-state index in [0.717, 1.165) is 22.5 Å². The number of amides is 2. The molecule has 0 radical (unpaired) electrons. The number of hydrogen-bond acceptors (Lipinski definition) is 5. The van der Waals surface area contributed by atoms with Crippen molar-refractivity contribution in [1.29, 1.82) is 0 Å². The molecule has 2 amide bonds. The standard InChI is InChI=1S/C28H29Cl2F3N4O4S/c1-5-22(25(38)35-16-17-12-13-34-24(14-17)36-26(39)41-27(2,3)4)37(42(40)20-9-7-19(29)8-10-20)23-15-18(28(31,32)33)6-11-21(23)30/h6-15,22H,5,16H2,1-4H3,(H,35,38)(H,34,36,39). The molecule has 0 saturated carbocycles. The summed E-state index contributed by atoms with van der Waals surface area (Å²) in [7, 11) is -2.15. The van der Waals surface area contributed by atoms with E-state index < -0.39 is 46.4 Å². The van der Waals surface area contributed by atoms with Crippen LogP contribution in [0.3, 0.4) is 0 Å². The minimum atomic E-state index is -4.71. The SMILES string of the molecule is CCC(C(=O)NCc1ccnc(NC(=O)OC(C)(C)C)c1)N(c1cc(C(F)(F)F)ccc1Cl)S(=O)c1ccc(Cl)cc1. The van der Waals surface area contributed by atoms with Crippen LogP contribution in [0.15, 0.2) is 65.7 Å². The maximum Gasteiger partial charge on any atom is 0.416 e. The third-order valence-electron chi connectivity index (χ3n) is 5.60. The van der Waals surface area contributed by atoms with Gasteiger partial charge < -0.3 is 10.1 Å². The number of nitrogens with one attached hydrogen (secondary N) is 2. The molecule has 0 spiro atoms. The van der Waals surface area contributed by atoms with Gasteiger partial charge in [0.15, 0.2) is 11.0 Å². The van der Waals surface area contributed by atoms with E-state index in [0.29, 0.717) is 10.6 Å². The summed E-state index contributed by atoms with van der Waals surface area (Å²) in [5, 5.41) is 5.48. The van der Waals surface area contributed by atoms with Crippen molar-refractivity contribution in [2.75, 3.05) is 9.62 Å². The zero-order valence-corrected chi connectivity index (χ0v) is 25.4. The first-order valence-corrected chi connectivity index (χ1v) is 14.5. The smallest absolute Gasteiger partial charge is 0.416 e. The fraction of sp³-hybridized carbons (Fsp3) is 0.321. The molecule has 2 atom stereocenters. The fourth-order valence-corrected chi connectivity index (χ4v) is 5.51. The Hall–Kier alpha value is -3.35. The number of carbonyl (C=O) groups excluding carboxylic acids is 2. The highest BCUT2D eigenvalue weighted by atomic mass is 35.5. The third-order valence-corrected chi connectivity index (χ3v) is 7.65. The normalized spacial score (nSPS) is 13.2. The van der Waals surface area contributed by atoms with Gasteiger partial charge in [-0.05, 0) is 87.4 Å². The van der Waals surface area contributed by atoms with E-state index >= 15 is 0 Å². The highest BCUT2D eigenvalue weighted by molar-refractivity contribution is 7.86. The van der Waals surface area contributed by atoms with Crippen LogP contribution >= 0.6 is 23.2 Å². The van der Waals surface area contributed by atoms with Gasteiger partial charge in [0.05, 0.1) is 21.2 Å². The quantitative estimate of drug-likeness (QED) is 0.253. The molecule has 0 fully saturated rings. The van der Waals surface area contributed by atoms with Crippen molar-refractivity contribution >= 4 is 57.7 Å². The van der Waals surface area contributed by atoms with Crippen LogP contribution in [-0.4, -0.2) is 32.8 Å². The van der Waals surface area contributed by atoms with Gasteiger partial charge in [0, 0.05) is 17.8 Å². The number of pyridine rings is 1. The second-order valence-corrected chi connectivity index (χ2v) is 12.2. The molecule has 8 nitrogen and oxygen atoms in total. The minimum absolute atomic E-state index is 0.0292. The highest BCUT2D eigenvalue weighted by Crippen LogP contribution is 2.38. The lowest BCUT2D eigenvalue weighted by Gasteiger charge is -2.32. The molecule has 226 valence electrons. The molecule has 2 aromatic carbocycles. The summed E-state index contributed by atoms with van der Waals surface area (Å²) in [5.74, 6) is -0.434. The van der Waals surface area contributed by atoms with Gasteiger partial charge >= 0.3 is 12.3 Å². The fourth-order valence-electron chi connectivity index (χ4n) is 3.72. The number of halogens is 5. The molecule has 2 unspecified atom stereocenters. The van der Waals surface area contributed by atoms with Crippen LogP contribution < -0.4 is 14.9 Å². The topological polar surface area (TPSA) is 101 Å². The Labute approximate surface area is 254 Å². The zero-order chi connectivity index (χ0) is 31.2. The Bertz CT molecular complexity index is 1450. The number of aromatic nitrogens is 1. The molecule has 0 aliphatic carbocycles. The van der Waals surface area contributed by atoms with Crippen LogP contribution in [0.2, 0.25) is 10.0 Å². The average molecular weight is 646 g/mol. The monoisotopic (exact) mass is 644 g/mol. The summed E-state index contributed by atoms with van der Waals surface area (Å²) in [4.78, 5) is 29.8. The average Bonchev–Trinajstić information content (AvgIpc) is 2.89. The first-order chi connectivity index (χ1) is 19.6. The van der Waals surface area contributed by atoms with Gasteiger partial charge in [0.25, 0.3) is 0 Å². The van der Waals surface area contributed by atoms with Crippen LogP contribution in [-0.2, 0) is 33.2 Å². The molecule has 0 saturated heterocycles. The van der Waals surface area contributed by atoms with Gasteiger partial charge in [-0.15, -0.1) is 0 Å². The van der Waals surface area contributed by atoms with Gasteiger partial charge in [0.1, 0.15) is 17.5 Å². The van der Waals surface area contributed by atoms with Gasteiger partial charge in [-0.3, -0.25) is 14.4 Å². The lowest BCUT2D eigenvalue weighted by molar-refractivity contribution is -0.137. The summed E-state index contributed by atoms with van der Waals surface area (Å²) in [6.45, 7) is 6.75. The van der Waals surface area contributed by atoms with Crippen molar-refractivity contribution in [3.8, 4) is 0 Å².